The second-order valence-electron chi connectivity index (χ2n) is 5.02. The molecule has 1 unspecified atom stereocenters. The molecule has 2 aromatic heterocycles. The van der Waals surface area contributed by atoms with Crippen LogP contribution in [0.15, 0.2) is 24.8 Å². The molecule has 1 amide bonds. The van der Waals surface area contributed by atoms with Crippen LogP contribution >= 0.6 is 0 Å². The third-order valence-corrected chi connectivity index (χ3v) is 2.90. The molecular formula is C13H16F3N5O2. The molecule has 0 spiro atoms. The largest absolute Gasteiger partial charge is 0.411 e. The van der Waals surface area contributed by atoms with Gasteiger partial charge in [-0.3, -0.25) is 9.48 Å². The third-order valence-electron chi connectivity index (χ3n) is 2.90. The zero-order valence-corrected chi connectivity index (χ0v) is 12.5. The molecule has 0 aliphatic rings. The number of hydrogen-bond donors (Lipinski definition) is 1. The minimum Gasteiger partial charge on any atom is -0.350 e. The van der Waals surface area contributed by atoms with E-state index in [9.17, 15) is 18.0 Å². The number of halogens is 3. The van der Waals surface area contributed by atoms with E-state index in [1.54, 1.807) is 19.3 Å². The Kier molecular flexibility index (Phi) is 5.04. The van der Waals surface area contributed by atoms with Crippen LogP contribution in [0.5, 0.6) is 0 Å². The van der Waals surface area contributed by atoms with E-state index in [1.165, 1.54) is 17.1 Å². The number of nitrogens with one attached hydrogen (secondary N) is 1. The van der Waals surface area contributed by atoms with Gasteiger partial charge < -0.3 is 10.1 Å². The Balaban J connectivity index is 1.87. The molecular weight excluding hydrogens is 315 g/mol. The van der Waals surface area contributed by atoms with E-state index >= 15 is 0 Å². The summed E-state index contributed by atoms with van der Waals surface area (Å²) in [5, 5.41) is 10.5. The van der Waals surface area contributed by atoms with E-state index < -0.39 is 18.8 Å². The molecule has 10 heteroatoms. The Morgan fingerprint density at radius 2 is 2.09 bits per heavy atom. The molecule has 126 valence electrons. The lowest BCUT2D eigenvalue weighted by molar-refractivity contribution is -0.182. The van der Waals surface area contributed by atoms with Crippen LogP contribution < -0.4 is 5.32 Å². The van der Waals surface area contributed by atoms with Gasteiger partial charge in [-0.05, 0) is 19.4 Å². The van der Waals surface area contributed by atoms with E-state index in [0.717, 1.165) is 10.2 Å². The highest BCUT2D eigenvalue weighted by molar-refractivity contribution is 5.93. The maximum atomic E-state index is 12.1. The molecule has 0 saturated heterocycles. The minimum absolute atomic E-state index is 0.316. The summed E-state index contributed by atoms with van der Waals surface area (Å²) in [5.74, 6) is -0.316. The minimum atomic E-state index is -4.39. The average molecular weight is 331 g/mol. The highest BCUT2D eigenvalue weighted by Gasteiger charge is 2.27. The van der Waals surface area contributed by atoms with Gasteiger partial charge in [0.05, 0.1) is 24.3 Å². The summed E-state index contributed by atoms with van der Waals surface area (Å²) in [7, 11) is 0. The number of anilines is 1. The second-order valence-corrected chi connectivity index (χ2v) is 5.02. The number of ether oxygens (including phenoxy) is 1. The second kappa shape index (κ2) is 6.82. The molecule has 23 heavy (non-hydrogen) atoms. The van der Waals surface area contributed by atoms with Crippen LogP contribution in [0.2, 0.25) is 0 Å². The van der Waals surface area contributed by atoms with Crippen molar-refractivity contribution in [2.24, 2.45) is 0 Å². The fourth-order valence-corrected chi connectivity index (χ4v) is 1.77. The summed E-state index contributed by atoms with van der Waals surface area (Å²) >= 11 is 0. The Morgan fingerprint density at radius 1 is 1.35 bits per heavy atom. The highest BCUT2D eigenvalue weighted by Crippen LogP contribution is 2.15. The first-order valence-corrected chi connectivity index (χ1v) is 6.73. The fourth-order valence-electron chi connectivity index (χ4n) is 1.77. The summed E-state index contributed by atoms with van der Waals surface area (Å²) < 4.78 is 43.0. The highest BCUT2D eigenvalue weighted by atomic mass is 19.4. The average Bonchev–Trinajstić information content (AvgIpc) is 3.06. The van der Waals surface area contributed by atoms with Crippen LogP contribution in [0, 0.1) is 6.92 Å². The van der Waals surface area contributed by atoms with Crippen molar-refractivity contribution in [3.63, 3.8) is 0 Å². The third kappa shape index (κ3) is 5.09. The first-order valence-electron chi connectivity index (χ1n) is 6.73. The monoisotopic (exact) mass is 331 g/mol. The predicted molar refractivity (Wildman–Crippen MR) is 74.5 cm³/mol. The van der Waals surface area contributed by atoms with Gasteiger partial charge in [0.25, 0.3) is 0 Å². The molecule has 7 nitrogen and oxygen atoms in total. The summed E-state index contributed by atoms with van der Waals surface area (Å²) in [5.41, 5.74) is 1.29. The van der Waals surface area contributed by atoms with Crippen LogP contribution in [-0.4, -0.2) is 38.3 Å². The number of carbonyl (C=O) groups is 1. The summed E-state index contributed by atoms with van der Waals surface area (Å²) in [4.78, 5) is 12.1. The number of nitrogens with zero attached hydrogens (tertiary/aromatic N) is 4. The Morgan fingerprint density at radius 3 is 2.70 bits per heavy atom. The van der Waals surface area contributed by atoms with Crippen molar-refractivity contribution in [3.8, 4) is 0 Å². The van der Waals surface area contributed by atoms with Crippen molar-refractivity contribution < 1.29 is 22.7 Å². The van der Waals surface area contributed by atoms with Crippen molar-refractivity contribution in [1.82, 2.24) is 19.6 Å². The lowest BCUT2D eigenvalue weighted by atomic mass is 10.3. The van der Waals surface area contributed by atoms with Crippen molar-refractivity contribution in [2.45, 2.75) is 32.8 Å². The Labute approximate surface area is 130 Å². The van der Waals surface area contributed by atoms with Gasteiger partial charge in [-0.25, -0.2) is 4.68 Å². The quantitative estimate of drug-likeness (QED) is 0.880. The molecule has 0 aromatic carbocycles. The number of aromatic nitrogens is 4. The van der Waals surface area contributed by atoms with E-state index in [0.29, 0.717) is 5.69 Å². The van der Waals surface area contributed by atoms with E-state index in [-0.39, 0.29) is 12.6 Å². The molecule has 0 aliphatic heterocycles. The summed E-state index contributed by atoms with van der Waals surface area (Å²) in [6.45, 7) is 1.82. The van der Waals surface area contributed by atoms with Crippen LogP contribution in [-0.2, 0) is 16.3 Å². The summed E-state index contributed by atoms with van der Waals surface area (Å²) in [6, 6.07) is -0.534. The standard InChI is InChI=1S/C13H16F3N5O2/c1-9-3-18-21(5-9)10(2)12(22)19-11-4-17-20(6-11)8-23-7-13(14,15)16/h3-6,10H,7-8H2,1-2H3,(H,19,22). The maximum Gasteiger partial charge on any atom is 0.411 e. The number of aryl methyl sites for hydroxylation is 1. The van der Waals surface area contributed by atoms with Gasteiger partial charge in [0.1, 0.15) is 19.4 Å². The van der Waals surface area contributed by atoms with Gasteiger partial charge in [-0.15, -0.1) is 0 Å². The molecule has 0 saturated carbocycles. The van der Waals surface area contributed by atoms with Crippen LogP contribution in [0.4, 0.5) is 18.9 Å². The number of amides is 1. The Bertz CT molecular complexity index is 665. The Hall–Kier alpha value is -2.36. The molecule has 1 atom stereocenters. The van der Waals surface area contributed by atoms with Gasteiger partial charge in [0, 0.05) is 6.20 Å². The molecule has 0 radical (unpaired) electrons. The molecule has 2 aromatic rings. The van der Waals surface area contributed by atoms with Crippen molar-refractivity contribution in [2.75, 3.05) is 11.9 Å². The summed E-state index contributed by atoms with van der Waals surface area (Å²) in [6.07, 6.45) is 1.70. The first-order chi connectivity index (χ1) is 10.7. The topological polar surface area (TPSA) is 74.0 Å². The zero-order valence-electron chi connectivity index (χ0n) is 12.5. The number of alkyl halides is 3. The number of hydrogen-bond acceptors (Lipinski definition) is 4. The van der Waals surface area contributed by atoms with Crippen LogP contribution in [0.1, 0.15) is 18.5 Å². The molecule has 1 N–H and O–H groups in total. The molecule has 2 heterocycles. The van der Waals surface area contributed by atoms with Crippen molar-refractivity contribution in [1.29, 1.82) is 0 Å². The van der Waals surface area contributed by atoms with E-state index in [2.05, 4.69) is 20.3 Å². The smallest absolute Gasteiger partial charge is 0.350 e. The maximum absolute atomic E-state index is 12.1. The fraction of sp³-hybridized carbons (Fsp3) is 0.462. The predicted octanol–water partition coefficient (Wildman–Crippen LogP) is 2.12. The number of carbonyl (C=O) groups excluding carboxylic acids is 1. The van der Waals surface area contributed by atoms with Crippen LogP contribution in [0.25, 0.3) is 0 Å². The normalized spacial score (nSPS) is 13.1. The lowest BCUT2D eigenvalue weighted by Crippen LogP contribution is -2.23. The first kappa shape index (κ1) is 17.0. The zero-order chi connectivity index (χ0) is 17.0. The van der Waals surface area contributed by atoms with Gasteiger partial charge in [0.2, 0.25) is 5.91 Å². The van der Waals surface area contributed by atoms with Gasteiger partial charge in [-0.2, -0.15) is 23.4 Å². The molecule has 2 rings (SSSR count). The van der Waals surface area contributed by atoms with E-state index in [1.807, 2.05) is 6.92 Å². The molecule has 0 bridgehead atoms. The molecule has 0 aliphatic carbocycles. The van der Waals surface area contributed by atoms with E-state index in [4.69, 9.17) is 0 Å². The van der Waals surface area contributed by atoms with Gasteiger partial charge in [-0.1, -0.05) is 0 Å². The van der Waals surface area contributed by atoms with Gasteiger partial charge >= 0.3 is 6.18 Å². The van der Waals surface area contributed by atoms with Crippen molar-refractivity contribution >= 4 is 11.6 Å². The SMILES string of the molecule is Cc1cnn(C(C)C(=O)Nc2cnn(COCC(F)(F)F)c2)c1. The molecule has 0 fully saturated rings. The van der Waals surface area contributed by atoms with Crippen LogP contribution in [0.3, 0.4) is 0 Å². The number of rotatable bonds is 6. The lowest BCUT2D eigenvalue weighted by Gasteiger charge is -2.11. The van der Waals surface area contributed by atoms with Gasteiger partial charge in [0.15, 0.2) is 0 Å². The van der Waals surface area contributed by atoms with Crippen molar-refractivity contribution in [3.05, 3.63) is 30.4 Å².